The summed E-state index contributed by atoms with van der Waals surface area (Å²) in [5.74, 6) is 0.388. The van der Waals surface area contributed by atoms with Crippen molar-refractivity contribution in [1.82, 2.24) is 0 Å². The molecule has 5 nitrogen and oxygen atoms in total. The van der Waals surface area contributed by atoms with Crippen molar-refractivity contribution >= 4 is 17.2 Å². The van der Waals surface area contributed by atoms with Crippen LogP contribution in [0.5, 0.6) is 0 Å². The normalized spacial score (nSPS) is 12.3. The molecular formula is C15H22N2O3. The van der Waals surface area contributed by atoms with Crippen molar-refractivity contribution < 1.29 is 9.72 Å². The van der Waals surface area contributed by atoms with Gasteiger partial charge in [0.1, 0.15) is 0 Å². The summed E-state index contributed by atoms with van der Waals surface area (Å²) >= 11 is 0. The zero-order valence-electron chi connectivity index (χ0n) is 12.7. The van der Waals surface area contributed by atoms with E-state index in [1.165, 1.54) is 19.1 Å². The van der Waals surface area contributed by atoms with Crippen LogP contribution in [0.2, 0.25) is 0 Å². The summed E-state index contributed by atoms with van der Waals surface area (Å²) in [4.78, 5) is 24.1. The van der Waals surface area contributed by atoms with Crippen LogP contribution in [0.3, 0.4) is 0 Å². The number of carbonyl (C=O) groups is 1. The van der Waals surface area contributed by atoms with E-state index in [0.29, 0.717) is 11.5 Å². The highest BCUT2D eigenvalue weighted by molar-refractivity contribution is 6.00. The summed E-state index contributed by atoms with van der Waals surface area (Å²) in [6, 6.07) is 4.72. The van der Waals surface area contributed by atoms with Crippen molar-refractivity contribution in [3.63, 3.8) is 0 Å². The Labute approximate surface area is 119 Å². The molecule has 5 heteroatoms. The van der Waals surface area contributed by atoms with Gasteiger partial charge in [0.25, 0.3) is 5.69 Å². The second-order valence-electron chi connectivity index (χ2n) is 5.60. The van der Waals surface area contributed by atoms with Crippen molar-refractivity contribution in [2.75, 3.05) is 11.9 Å². The molecule has 1 aromatic carbocycles. The lowest BCUT2D eigenvalue weighted by Crippen LogP contribution is -2.31. The van der Waals surface area contributed by atoms with Gasteiger partial charge in [0, 0.05) is 36.5 Å². The number of nitrogens with zero attached hydrogens (tertiary/aromatic N) is 2. The molecule has 0 heterocycles. The van der Waals surface area contributed by atoms with E-state index in [0.717, 1.165) is 12.1 Å². The molecule has 0 N–H and O–H groups in total. The predicted octanol–water partition coefficient (Wildman–Crippen LogP) is 3.67. The minimum Gasteiger partial charge on any atom is -0.371 e. The summed E-state index contributed by atoms with van der Waals surface area (Å²) in [6.07, 6.45) is 0.991. The van der Waals surface area contributed by atoms with Gasteiger partial charge in [0.05, 0.1) is 4.92 Å². The first-order valence-corrected chi connectivity index (χ1v) is 6.76. The molecule has 0 aliphatic rings. The number of nitro groups is 1. The van der Waals surface area contributed by atoms with E-state index in [-0.39, 0.29) is 17.5 Å². The highest BCUT2D eigenvalue weighted by Crippen LogP contribution is 2.27. The number of hydrogen-bond donors (Lipinski definition) is 0. The summed E-state index contributed by atoms with van der Waals surface area (Å²) in [5.41, 5.74) is 1.09. The second kappa shape index (κ2) is 6.50. The van der Waals surface area contributed by atoms with Gasteiger partial charge < -0.3 is 4.90 Å². The molecule has 110 valence electrons. The van der Waals surface area contributed by atoms with Crippen LogP contribution >= 0.6 is 0 Å². The Morgan fingerprint density at radius 1 is 1.35 bits per heavy atom. The Hall–Kier alpha value is -1.91. The smallest absolute Gasteiger partial charge is 0.270 e. The molecule has 0 saturated carbocycles. The van der Waals surface area contributed by atoms with E-state index in [1.54, 1.807) is 6.07 Å². The van der Waals surface area contributed by atoms with Gasteiger partial charge >= 0.3 is 0 Å². The van der Waals surface area contributed by atoms with Gasteiger partial charge in [-0.25, -0.2) is 0 Å². The van der Waals surface area contributed by atoms with Crippen LogP contribution in [0.4, 0.5) is 11.4 Å². The van der Waals surface area contributed by atoms with Crippen LogP contribution in [0.15, 0.2) is 18.2 Å². The first-order chi connectivity index (χ1) is 9.23. The molecule has 0 aromatic heterocycles. The second-order valence-corrected chi connectivity index (χ2v) is 5.60. The van der Waals surface area contributed by atoms with E-state index in [1.807, 2.05) is 11.9 Å². The third kappa shape index (κ3) is 3.79. The lowest BCUT2D eigenvalue weighted by atomic mass is 10.0. The van der Waals surface area contributed by atoms with Gasteiger partial charge in [0.15, 0.2) is 5.78 Å². The summed E-state index contributed by atoms with van der Waals surface area (Å²) in [5, 5.41) is 10.8. The zero-order valence-corrected chi connectivity index (χ0v) is 12.7. The lowest BCUT2D eigenvalue weighted by molar-refractivity contribution is -0.384. The van der Waals surface area contributed by atoms with Crippen LogP contribution < -0.4 is 4.90 Å². The topological polar surface area (TPSA) is 63.4 Å². The van der Waals surface area contributed by atoms with Crippen LogP contribution in [0, 0.1) is 16.0 Å². The standard InChI is InChI=1S/C15H22N2O3/c1-10(2)8-11(3)16(5)15-7-6-13(17(19)20)9-14(15)12(4)18/h6-7,9-11H,8H2,1-5H3. The number of nitro benzene ring substituents is 1. The van der Waals surface area contributed by atoms with E-state index in [2.05, 4.69) is 20.8 Å². The number of Topliss-reactive ketones (excluding diaryl/α,β-unsaturated/α-hetero) is 1. The molecule has 1 atom stereocenters. The van der Waals surface area contributed by atoms with Crippen molar-refractivity contribution in [3.8, 4) is 0 Å². The summed E-state index contributed by atoms with van der Waals surface area (Å²) < 4.78 is 0. The van der Waals surface area contributed by atoms with Gasteiger partial charge in [-0.3, -0.25) is 14.9 Å². The van der Waals surface area contributed by atoms with Gasteiger partial charge in [-0.05, 0) is 32.3 Å². The Balaban J connectivity index is 3.16. The van der Waals surface area contributed by atoms with Crippen LogP contribution in [0.1, 0.15) is 44.5 Å². The number of benzene rings is 1. The highest BCUT2D eigenvalue weighted by atomic mass is 16.6. The fraction of sp³-hybridized carbons (Fsp3) is 0.533. The van der Waals surface area contributed by atoms with Crippen molar-refractivity contribution in [2.45, 2.75) is 40.2 Å². The van der Waals surface area contributed by atoms with Crippen LogP contribution in [-0.2, 0) is 0 Å². The first-order valence-electron chi connectivity index (χ1n) is 6.76. The quantitative estimate of drug-likeness (QED) is 0.452. The third-order valence-corrected chi connectivity index (χ3v) is 3.42. The molecule has 0 aliphatic heterocycles. The SMILES string of the molecule is CC(=O)c1cc([N+](=O)[O-])ccc1N(C)C(C)CC(C)C. The van der Waals surface area contributed by atoms with Crippen LogP contribution in [0.25, 0.3) is 0 Å². The molecule has 20 heavy (non-hydrogen) atoms. The number of ketones is 1. The minimum atomic E-state index is -0.478. The maximum atomic E-state index is 11.7. The van der Waals surface area contributed by atoms with Crippen molar-refractivity contribution in [1.29, 1.82) is 0 Å². The number of non-ortho nitro benzene ring substituents is 1. The summed E-state index contributed by atoms with van der Waals surface area (Å²) in [7, 11) is 1.92. The van der Waals surface area contributed by atoms with E-state index in [9.17, 15) is 14.9 Å². The van der Waals surface area contributed by atoms with E-state index < -0.39 is 4.92 Å². The monoisotopic (exact) mass is 278 g/mol. The maximum Gasteiger partial charge on any atom is 0.270 e. The van der Waals surface area contributed by atoms with Crippen molar-refractivity contribution in [2.24, 2.45) is 5.92 Å². The van der Waals surface area contributed by atoms with Gasteiger partial charge in [-0.1, -0.05) is 13.8 Å². The average Bonchev–Trinajstić information content (AvgIpc) is 2.36. The Morgan fingerprint density at radius 3 is 2.40 bits per heavy atom. The number of anilines is 1. The molecule has 0 saturated heterocycles. The van der Waals surface area contributed by atoms with E-state index in [4.69, 9.17) is 0 Å². The lowest BCUT2D eigenvalue weighted by Gasteiger charge is -2.29. The van der Waals surface area contributed by atoms with Crippen LogP contribution in [-0.4, -0.2) is 23.8 Å². The molecule has 0 amide bonds. The molecule has 1 unspecified atom stereocenters. The van der Waals surface area contributed by atoms with E-state index >= 15 is 0 Å². The molecule has 0 spiro atoms. The number of rotatable bonds is 6. The first kappa shape index (κ1) is 16.1. The highest BCUT2D eigenvalue weighted by Gasteiger charge is 2.19. The Kier molecular flexibility index (Phi) is 5.25. The molecule has 0 radical (unpaired) electrons. The number of carbonyl (C=O) groups excluding carboxylic acids is 1. The zero-order chi connectivity index (χ0) is 15.4. The number of hydrogen-bond acceptors (Lipinski definition) is 4. The summed E-state index contributed by atoms with van der Waals surface area (Å²) in [6.45, 7) is 7.81. The predicted molar refractivity (Wildman–Crippen MR) is 80.4 cm³/mol. The fourth-order valence-corrected chi connectivity index (χ4v) is 2.30. The van der Waals surface area contributed by atoms with Gasteiger partial charge in [0.2, 0.25) is 0 Å². The Morgan fingerprint density at radius 2 is 1.95 bits per heavy atom. The minimum absolute atomic E-state index is 0.0520. The van der Waals surface area contributed by atoms with Gasteiger partial charge in [-0.2, -0.15) is 0 Å². The molecular weight excluding hydrogens is 256 g/mol. The molecule has 1 aromatic rings. The fourth-order valence-electron chi connectivity index (χ4n) is 2.30. The molecule has 0 aliphatic carbocycles. The maximum absolute atomic E-state index is 11.7. The third-order valence-electron chi connectivity index (χ3n) is 3.42. The van der Waals surface area contributed by atoms with Gasteiger partial charge in [-0.15, -0.1) is 0 Å². The van der Waals surface area contributed by atoms with Crippen molar-refractivity contribution in [3.05, 3.63) is 33.9 Å². The molecule has 0 bridgehead atoms. The Bertz CT molecular complexity index is 512. The largest absolute Gasteiger partial charge is 0.371 e. The average molecular weight is 278 g/mol. The molecule has 0 fully saturated rings. The molecule has 1 rings (SSSR count).